The smallest absolute Gasteiger partial charge is 0.854 e. The first kappa shape index (κ1) is 41.5. The van der Waals surface area contributed by atoms with E-state index in [4.69, 9.17) is 5.11 Å². The summed E-state index contributed by atoms with van der Waals surface area (Å²) in [5.74, 6) is -0.972. The van der Waals surface area contributed by atoms with Gasteiger partial charge in [-0.3, -0.25) is 4.79 Å². The first-order chi connectivity index (χ1) is 12.3. The average molecular weight is 472 g/mol. The maximum atomic E-state index is 9.70. The predicted molar refractivity (Wildman–Crippen MR) is 102 cm³/mol. The van der Waals surface area contributed by atoms with Crippen LogP contribution in [0.4, 0.5) is 0 Å². The number of hydrogen-bond acceptors (Lipinski definition) is 5. The van der Waals surface area contributed by atoms with E-state index in [0.717, 1.165) is 51.4 Å². The van der Waals surface area contributed by atoms with Crippen molar-refractivity contribution in [1.82, 2.24) is 0 Å². The van der Waals surface area contributed by atoms with E-state index < -0.39 is 5.97 Å². The molecular weight excluding hydrogens is 427 g/mol. The molecule has 0 aliphatic heterocycles. The summed E-state index contributed by atoms with van der Waals surface area (Å²) in [4.78, 5) is 9.70. The molecule has 0 aromatic heterocycles. The van der Waals surface area contributed by atoms with Crippen molar-refractivity contribution in [2.75, 3.05) is 26.4 Å². The molecule has 0 radical (unpaired) electrons. The molecule has 7 heteroatoms. The van der Waals surface area contributed by atoms with Crippen molar-refractivity contribution < 1.29 is 56.5 Å². The Balaban J connectivity index is -0.0000000507. The summed E-state index contributed by atoms with van der Waals surface area (Å²) in [6, 6.07) is 0. The van der Waals surface area contributed by atoms with Gasteiger partial charge in [-0.25, -0.2) is 0 Å². The number of carbonyl (C=O) groups is 1. The molecule has 0 atom stereocenters. The number of aliphatic carboxylic acids is 1. The fraction of sp³-hybridized carbons (Fsp3) is 0.950. The molecule has 0 spiro atoms. The van der Waals surface area contributed by atoms with Crippen LogP contribution in [0.3, 0.4) is 0 Å². The van der Waals surface area contributed by atoms with Crippen molar-refractivity contribution in [1.29, 1.82) is 0 Å². The molecule has 27 heavy (non-hydrogen) atoms. The van der Waals surface area contributed by atoms with Crippen LogP contribution >= 0.6 is 0 Å². The minimum Gasteiger partial charge on any atom is -0.854 e. The van der Waals surface area contributed by atoms with Gasteiger partial charge in [-0.15, -0.1) is 26.4 Å². The van der Waals surface area contributed by atoms with Crippen LogP contribution in [0.5, 0.6) is 0 Å². The fourth-order valence-corrected chi connectivity index (χ4v) is 0.577. The molecule has 0 saturated heterocycles. The molecule has 0 unspecified atom stereocenters. The first-order valence-electron chi connectivity index (χ1n) is 9.85. The van der Waals surface area contributed by atoms with Gasteiger partial charge in [0.05, 0.1) is 5.92 Å². The number of carboxylic acids is 1. The molecule has 164 valence electrons. The van der Waals surface area contributed by atoms with Crippen LogP contribution < -0.4 is 20.4 Å². The van der Waals surface area contributed by atoms with Crippen molar-refractivity contribution in [3.05, 3.63) is 0 Å². The quantitative estimate of drug-likeness (QED) is 0.539. The summed E-state index contributed by atoms with van der Waals surface area (Å²) in [7, 11) is 0. The van der Waals surface area contributed by atoms with Gasteiger partial charge in [0.15, 0.2) is 0 Å². The van der Waals surface area contributed by atoms with Crippen LogP contribution in [0.2, 0.25) is 0 Å². The molecule has 1 N–H and O–H groups in total. The van der Waals surface area contributed by atoms with E-state index in [0.29, 0.717) is 0 Å². The van der Waals surface area contributed by atoms with Crippen molar-refractivity contribution in [3.8, 4) is 0 Å². The molecule has 0 bridgehead atoms. The minimum absolute atomic E-state index is 0. The minimum atomic E-state index is -0.741. The Morgan fingerprint density at radius 3 is 0.815 bits per heavy atom. The summed E-state index contributed by atoms with van der Waals surface area (Å²) in [5.41, 5.74) is 0. The third-order valence-electron chi connectivity index (χ3n) is 2.49. The van der Waals surface area contributed by atoms with Gasteiger partial charge in [0.25, 0.3) is 0 Å². The number of unbranched alkanes of at least 4 members (excludes halogenated alkanes) is 4. The summed E-state index contributed by atoms with van der Waals surface area (Å²) < 4.78 is 0. The Morgan fingerprint density at radius 1 is 0.667 bits per heavy atom. The second-order valence-electron chi connectivity index (χ2n) is 5.72. The Labute approximate surface area is 187 Å². The van der Waals surface area contributed by atoms with E-state index in [1.807, 2.05) is 27.7 Å². The second-order valence-corrected chi connectivity index (χ2v) is 5.72. The molecular formula is C20H44O6Zr. The van der Waals surface area contributed by atoms with E-state index in [9.17, 15) is 25.2 Å². The second kappa shape index (κ2) is 50.2. The van der Waals surface area contributed by atoms with E-state index in [2.05, 4.69) is 0 Å². The number of hydrogen-bond donors (Lipinski definition) is 1. The van der Waals surface area contributed by atoms with Gasteiger partial charge in [0.2, 0.25) is 0 Å². The Morgan fingerprint density at radius 2 is 0.815 bits per heavy atom. The molecule has 0 heterocycles. The number of carboxylic acid groups (broad SMARTS) is 1. The SMILES string of the molecule is CC(C)C(=O)O.CCCC[O-].CCCC[O-].CCCC[O-].CCCC[O-].[Zr+4]. The van der Waals surface area contributed by atoms with Crippen LogP contribution in [-0.2, 0) is 31.0 Å². The van der Waals surface area contributed by atoms with E-state index in [1.54, 1.807) is 13.8 Å². The van der Waals surface area contributed by atoms with Gasteiger partial charge < -0.3 is 25.5 Å². The van der Waals surface area contributed by atoms with Crippen LogP contribution in [-0.4, -0.2) is 37.5 Å². The Bertz CT molecular complexity index is 173. The topological polar surface area (TPSA) is 130 Å². The van der Waals surface area contributed by atoms with Crippen LogP contribution in [0, 0.1) is 5.92 Å². The van der Waals surface area contributed by atoms with Crippen molar-refractivity contribution in [3.63, 3.8) is 0 Å². The molecule has 0 aliphatic carbocycles. The molecule has 6 nitrogen and oxygen atoms in total. The summed E-state index contributed by atoms with van der Waals surface area (Å²) in [6.45, 7) is 11.7. The largest absolute Gasteiger partial charge is 4.00 e. The Kier molecular flexibility index (Phi) is 77.3. The van der Waals surface area contributed by atoms with Gasteiger partial charge in [0.1, 0.15) is 0 Å². The molecule has 0 amide bonds. The zero-order valence-electron chi connectivity index (χ0n) is 18.6. The zero-order valence-corrected chi connectivity index (χ0v) is 21.0. The van der Waals surface area contributed by atoms with Crippen LogP contribution in [0.15, 0.2) is 0 Å². The Hall–Kier alpha value is 0.193. The van der Waals surface area contributed by atoms with E-state index in [-0.39, 0.29) is 58.5 Å². The third kappa shape index (κ3) is 103. The average Bonchev–Trinajstić information content (AvgIpc) is 2.60. The third-order valence-corrected chi connectivity index (χ3v) is 2.49. The van der Waals surface area contributed by atoms with Gasteiger partial charge >= 0.3 is 32.2 Å². The van der Waals surface area contributed by atoms with Crippen LogP contribution in [0.25, 0.3) is 0 Å². The zero-order chi connectivity index (χ0) is 21.6. The maximum absolute atomic E-state index is 9.70. The normalized spacial score (nSPS) is 8.26. The van der Waals surface area contributed by atoms with Gasteiger partial charge in [0, 0.05) is 0 Å². The molecule has 0 rings (SSSR count). The predicted octanol–water partition coefficient (Wildman–Crippen LogP) is 1.31. The van der Waals surface area contributed by atoms with E-state index >= 15 is 0 Å². The van der Waals surface area contributed by atoms with Gasteiger partial charge in [-0.05, 0) is 0 Å². The molecule has 0 aromatic rings. The maximum Gasteiger partial charge on any atom is 4.00 e. The number of rotatable bonds is 9. The summed E-state index contributed by atoms with van der Waals surface area (Å²) in [6.07, 6.45) is 7.46. The summed E-state index contributed by atoms with van der Waals surface area (Å²) in [5, 5.41) is 46.1. The molecule has 0 fully saturated rings. The first-order valence-corrected chi connectivity index (χ1v) is 9.85. The van der Waals surface area contributed by atoms with Crippen molar-refractivity contribution in [2.45, 2.75) is 92.9 Å². The van der Waals surface area contributed by atoms with Crippen LogP contribution in [0.1, 0.15) is 92.9 Å². The molecule has 0 aliphatic rings. The monoisotopic (exact) mass is 470 g/mol. The standard InChI is InChI=1S/C4H8O2.4C4H9O.Zr/c1-3(2)4(5)6;4*1-2-3-4-5;/h3H,1-2H3,(H,5,6);4*2-4H2,1H3;/q;4*-1;+4. The molecule has 0 saturated carbocycles. The van der Waals surface area contributed by atoms with E-state index in [1.165, 1.54) is 0 Å². The van der Waals surface area contributed by atoms with Crippen molar-refractivity contribution >= 4 is 5.97 Å². The van der Waals surface area contributed by atoms with Gasteiger partial charge in [-0.1, -0.05) is 92.9 Å². The van der Waals surface area contributed by atoms with Crippen molar-refractivity contribution in [2.24, 2.45) is 5.92 Å². The van der Waals surface area contributed by atoms with Gasteiger partial charge in [-0.2, -0.15) is 0 Å². The fourth-order valence-electron chi connectivity index (χ4n) is 0.577. The summed E-state index contributed by atoms with van der Waals surface area (Å²) >= 11 is 0. The molecule has 0 aromatic carbocycles.